The molecule has 0 spiro atoms. The Morgan fingerprint density at radius 1 is 1.37 bits per heavy atom. The van der Waals surface area contributed by atoms with Crippen molar-refractivity contribution in [3.63, 3.8) is 0 Å². The van der Waals surface area contributed by atoms with Gasteiger partial charge in [-0.1, -0.05) is 20.8 Å². The molecule has 0 aromatic heterocycles. The van der Waals surface area contributed by atoms with Crippen LogP contribution in [-0.4, -0.2) is 53.1 Å². The third-order valence-electron chi connectivity index (χ3n) is 4.79. The second kappa shape index (κ2) is 5.80. The summed E-state index contributed by atoms with van der Waals surface area (Å²) in [5.41, 5.74) is -0.350. The number of rotatable bonds is 7. The molecule has 4 nitrogen and oxygen atoms in total. The molecule has 1 N–H and O–H groups in total. The van der Waals surface area contributed by atoms with Crippen LogP contribution < -0.4 is 5.32 Å². The van der Waals surface area contributed by atoms with Crippen LogP contribution in [0.3, 0.4) is 0 Å². The van der Waals surface area contributed by atoms with Crippen LogP contribution in [0.1, 0.15) is 53.4 Å². The Morgan fingerprint density at radius 3 is 2.53 bits per heavy atom. The second-order valence-corrected chi connectivity index (χ2v) is 6.11. The van der Waals surface area contributed by atoms with Crippen LogP contribution in [0, 0.1) is 0 Å². The average molecular weight is 267 g/mol. The molecule has 1 heterocycles. The minimum Gasteiger partial charge on any atom is -0.324 e. The van der Waals surface area contributed by atoms with E-state index in [1.54, 1.807) is 0 Å². The van der Waals surface area contributed by atoms with Crippen LogP contribution in [0.4, 0.5) is 0 Å². The molecule has 0 radical (unpaired) electrons. The molecule has 1 amide bonds. The van der Waals surface area contributed by atoms with E-state index in [1.807, 2.05) is 6.92 Å². The summed E-state index contributed by atoms with van der Waals surface area (Å²) in [4.78, 5) is 17.1. The van der Waals surface area contributed by atoms with Gasteiger partial charge in [0.2, 0.25) is 5.91 Å². The van der Waals surface area contributed by atoms with Crippen LogP contribution in [0.25, 0.3) is 0 Å². The summed E-state index contributed by atoms with van der Waals surface area (Å²) in [7, 11) is 0. The lowest BCUT2D eigenvalue weighted by atomic mass is 9.99. The predicted molar refractivity (Wildman–Crippen MR) is 77.9 cm³/mol. The lowest BCUT2D eigenvalue weighted by Crippen LogP contribution is -2.44. The Labute approximate surface area is 117 Å². The molecule has 0 aromatic rings. The number of amides is 1. The first-order chi connectivity index (χ1) is 9.05. The van der Waals surface area contributed by atoms with Crippen molar-refractivity contribution in [3.8, 4) is 0 Å². The van der Waals surface area contributed by atoms with Crippen molar-refractivity contribution in [1.29, 1.82) is 0 Å². The molecule has 1 aliphatic carbocycles. The largest absolute Gasteiger partial charge is 0.324 e. The van der Waals surface area contributed by atoms with Crippen LogP contribution in [-0.2, 0) is 4.79 Å². The van der Waals surface area contributed by atoms with Gasteiger partial charge in [-0.3, -0.25) is 15.0 Å². The summed E-state index contributed by atoms with van der Waals surface area (Å²) in [5, 5.41) is 3.51. The lowest BCUT2D eigenvalue weighted by Gasteiger charge is -2.27. The van der Waals surface area contributed by atoms with Crippen LogP contribution >= 0.6 is 0 Å². The van der Waals surface area contributed by atoms with Gasteiger partial charge in [-0.2, -0.15) is 0 Å². The summed E-state index contributed by atoms with van der Waals surface area (Å²) < 4.78 is 0. The molecule has 2 aliphatic rings. The third kappa shape index (κ3) is 2.95. The number of hydrogen-bond acceptors (Lipinski definition) is 3. The first kappa shape index (κ1) is 14.8. The van der Waals surface area contributed by atoms with E-state index in [0.717, 1.165) is 38.5 Å². The first-order valence-corrected chi connectivity index (χ1v) is 7.88. The first-order valence-electron chi connectivity index (χ1n) is 7.88. The highest BCUT2D eigenvalue weighted by atomic mass is 16.2. The van der Waals surface area contributed by atoms with Gasteiger partial charge in [0.05, 0.1) is 11.7 Å². The van der Waals surface area contributed by atoms with Crippen molar-refractivity contribution >= 4 is 5.91 Å². The highest BCUT2D eigenvalue weighted by molar-refractivity contribution is 5.88. The summed E-state index contributed by atoms with van der Waals surface area (Å²) in [5.74, 6) is 0.286. The van der Waals surface area contributed by atoms with E-state index in [9.17, 15) is 4.79 Å². The van der Waals surface area contributed by atoms with Gasteiger partial charge in [0.25, 0.3) is 0 Å². The average Bonchev–Trinajstić information content (AvgIpc) is 3.22. The quantitative estimate of drug-likeness (QED) is 0.764. The van der Waals surface area contributed by atoms with Gasteiger partial charge in [-0.25, -0.2) is 0 Å². The maximum Gasteiger partial charge on any atom is 0.243 e. The Morgan fingerprint density at radius 2 is 2.05 bits per heavy atom. The van der Waals surface area contributed by atoms with Crippen molar-refractivity contribution in [3.05, 3.63) is 0 Å². The fourth-order valence-electron chi connectivity index (χ4n) is 3.07. The summed E-state index contributed by atoms with van der Waals surface area (Å²) >= 11 is 0. The topological polar surface area (TPSA) is 35.6 Å². The highest BCUT2D eigenvalue weighted by Gasteiger charge is 2.45. The van der Waals surface area contributed by atoms with Crippen molar-refractivity contribution in [1.82, 2.24) is 15.1 Å². The molecule has 0 bridgehead atoms. The van der Waals surface area contributed by atoms with Crippen molar-refractivity contribution in [2.75, 3.05) is 19.6 Å². The number of hydrogen-bond donors (Lipinski definition) is 1. The Kier molecular flexibility index (Phi) is 4.51. The Bertz CT molecular complexity index is 329. The molecular weight excluding hydrogens is 238 g/mol. The van der Waals surface area contributed by atoms with Crippen molar-refractivity contribution < 1.29 is 4.79 Å². The van der Waals surface area contributed by atoms with E-state index >= 15 is 0 Å². The molecule has 2 atom stereocenters. The molecular formula is C15H29N3O. The van der Waals surface area contributed by atoms with Gasteiger partial charge < -0.3 is 4.90 Å². The predicted octanol–water partition coefficient (Wildman–Crippen LogP) is 1.81. The van der Waals surface area contributed by atoms with Crippen molar-refractivity contribution in [2.45, 2.75) is 71.1 Å². The minimum absolute atomic E-state index is 0.218. The standard InChI is InChI=1S/C15H29N3O/c1-5-13-16-15(4,6-2)14(19)18(13)11-10-17(7-3)12-8-9-12/h12-13,16H,5-11H2,1-4H3. The molecule has 1 saturated heterocycles. The summed E-state index contributed by atoms with van der Waals surface area (Å²) in [6.45, 7) is 11.5. The zero-order valence-electron chi connectivity index (χ0n) is 12.9. The van der Waals surface area contributed by atoms with Crippen LogP contribution in [0.5, 0.6) is 0 Å². The van der Waals surface area contributed by atoms with Gasteiger partial charge in [0.15, 0.2) is 0 Å². The van der Waals surface area contributed by atoms with E-state index in [4.69, 9.17) is 0 Å². The zero-order valence-corrected chi connectivity index (χ0v) is 12.9. The molecule has 2 unspecified atom stereocenters. The van der Waals surface area contributed by atoms with Crippen LogP contribution in [0.15, 0.2) is 0 Å². The van der Waals surface area contributed by atoms with Gasteiger partial charge in [-0.15, -0.1) is 0 Å². The molecule has 0 aromatic carbocycles. The Hall–Kier alpha value is -0.610. The third-order valence-corrected chi connectivity index (χ3v) is 4.79. The zero-order chi connectivity index (χ0) is 14.0. The fraction of sp³-hybridized carbons (Fsp3) is 0.933. The van der Waals surface area contributed by atoms with Gasteiger partial charge in [0.1, 0.15) is 0 Å². The lowest BCUT2D eigenvalue weighted by molar-refractivity contribution is -0.133. The number of likely N-dealkylation sites (N-methyl/N-ethyl adjacent to an activating group) is 1. The number of nitrogens with one attached hydrogen (secondary N) is 1. The summed E-state index contributed by atoms with van der Waals surface area (Å²) in [6, 6.07) is 0.785. The molecule has 4 heteroatoms. The normalized spacial score (nSPS) is 31.5. The number of carbonyl (C=O) groups is 1. The monoisotopic (exact) mass is 267 g/mol. The maximum atomic E-state index is 12.6. The molecule has 2 rings (SSSR count). The second-order valence-electron chi connectivity index (χ2n) is 6.11. The number of carbonyl (C=O) groups excluding carboxylic acids is 1. The van der Waals surface area contributed by atoms with E-state index in [-0.39, 0.29) is 17.6 Å². The number of nitrogens with zero attached hydrogens (tertiary/aromatic N) is 2. The minimum atomic E-state index is -0.350. The molecule has 2 fully saturated rings. The fourth-order valence-corrected chi connectivity index (χ4v) is 3.07. The maximum absolute atomic E-state index is 12.6. The molecule has 1 aliphatic heterocycles. The highest BCUT2D eigenvalue weighted by Crippen LogP contribution is 2.28. The van der Waals surface area contributed by atoms with Crippen molar-refractivity contribution in [2.24, 2.45) is 0 Å². The molecule has 19 heavy (non-hydrogen) atoms. The van der Waals surface area contributed by atoms with Gasteiger partial charge in [-0.05, 0) is 39.2 Å². The van der Waals surface area contributed by atoms with Crippen LogP contribution in [0.2, 0.25) is 0 Å². The van der Waals surface area contributed by atoms with Gasteiger partial charge in [0, 0.05) is 19.1 Å². The SMILES string of the molecule is CCC1NC(C)(CC)C(=O)N1CCN(CC)C1CC1. The smallest absolute Gasteiger partial charge is 0.243 e. The summed E-state index contributed by atoms with van der Waals surface area (Å²) in [6.07, 6.45) is 4.74. The molecule has 1 saturated carbocycles. The Balaban J connectivity index is 1.95. The van der Waals surface area contributed by atoms with Gasteiger partial charge >= 0.3 is 0 Å². The van der Waals surface area contributed by atoms with E-state index in [1.165, 1.54) is 12.8 Å². The van der Waals surface area contributed by atoms with E-state index in [0.29, 0.717) is 0 Å². The van der Waals surface area contributed by atoms with E-state index in [2.05, 4.69) is 35.9 Å². The van der Waals surface area contributed by atoms with E-state index < -0.39 is 0 Å². The molecule has 110 valence electrons.